The van der Waals surface area contributed by atoms with Crippen molar-refractivity contribution in [3.63, 3.8) is 0 Å². The molecule has 0 amide bonds. The Kier molecular flexibility index (Phi) is 5.04. The highest BCUT2D eigenvalue weighted by Gasteiger charge is 2.06. The number of aromatic nitrogens is 2. The number of hydrogen-bond acceptors (Lipinski definition) is 4. The fourth-order valence-corrected chi connectivity index (χ4v) is 1.89. The standard InChI is InChI=1S/C14H15Cl2N3O/c1-3-6-17-13-8-14(19-9(2)18-13)20-10-4-5-11(15)12(16)7-10/h4-5,7-8H,3,6H2,1-2H3,(H,17,18,19). The molecule has 0 fully saturated rings. The Morgan fingerprint density at radius 1 is 1.15 bits per heavy atom. The average Bonchev–Trinajstić information content (AvgIpc) is 2.40. The maximum Gasteiger partial charge on any atom is 0.224 e. The Hall–Kier alpha value is -1.52. The summed E-state index contributed by atoms with van der Waals surface area (Å²) < 4.78 is 5.68. The highest BCUT2D eigenvalue weighted by Crippen LogP contribution is 2.29. The van der Waals surface area contributed by atoms with Gasteiger partial charge in [-0.05, 0) is 25.5 Å². The minimum absolute atomic E-state index is 0.444. The zero-order valence-electron chi connectivity index (χ0n) is 11.3. The largest absolute Gasteiger partial charge is 0.439 e. The van der Waals surface area contributed by atoms with Crippen molar-refractivity contribution in [2.75, 3.05) is 11.9 Å². The summed E-state index contributed by atoms with van der Waals surface area (Å²) in [5.74, 6) is 2.43. The molecule has 2 aromatic rings. The Balaban J connectivity index is 2.19. The third-order valence-corrected chi connectivity index (χ3v) is 3.22. The number of rotatable bonds is 5. The molecule has 0 saturated heterocycles. The van der Waals surface area contributed by atoms with E-state index in [4.69, 9.17) is 27.9 Å². The first-order valence-electron chi connectivity index (χ1n) is 6.31. The van der Waals surface area contributed by atoms with Gasteiger partial charge in [-0.25, -0.2) is 4.98 Å². The van der Waals surface area contributed by atoms with Gasteiger partial charge in [-0.2, -0.15) is 4.98 Å². The van der Waals surface area contributed by atoms with Crippen molar-refractivity contribution < 1.29 is 4.74 Å². The van der Waals surface area contributed by atoms with Gasteiger partial charge in [0, 0.05) is 18.7 Å². The minimum atomic E-state index is 0.444. The summed E-state index contributed by atoms with van der Waals surface area (Å²) in [6, 6.07) is 6.83. The Morgan fingerprint density at radius 3 is 2.65 bits per heavy atom. The maximum atomic E-state index is 5.95. The molecular formula is C14H15Cl2N3O. The summed E-state index contributed by atoms with van der Waals surface area (Å²) >= 11 is 11.8. The van der Waals surface area contributed by atoms with E-state index in [2.05, 4.69) is 22.2 Å². The Labute approximate surface area is 128 Å². The predicted octanol–water partition coefficient (Wildman–Crippen LogP) is 4.71. The second-order valence-corrected chi connectivity index (χ2v) is 5.06. The molecule has 0 atom stereocenters. The van der Waals surface area contributed by atoms with E-state index in [9.17, 15) is 0 Å². The van der Waals surface area contributed by atoms with E-state index in [0.29, 0.717) is 27.5 Å². The maximum absolute atomic E-state index is 5.95. The monoisotopic (exact) mass is 311 g/mol. The van der Waals surface area contributed by atoms with E-state index in [1.54, 1.807) is 24.3 Å². The molecule has 1 aromatic heterocycles. The van der Waals surface area contributed by atoms with Crippen LogP contribution in [-0.4, -0.2) is 16.5 Å². The van der Waals surface area contributed by atoms with Crippen LogP contribution >= 0.6 is 23.2 Å². The average molecular weight is 312 g/mol. The van der Waals surface area contributed by atoms with Crippen LogP contribution in [0.5, 0.6) is 11.6 Å². The van der Waals surface area contributed by atoms with Crippen LogP contribution in [0.25, 0.3) is 0 Å². The number of ether oxygens (including phenoxy) is 1. The highest BCUT2D eigenvalue weighted by molar-refractivity contribution is 6.42. The van der Waals surface area contributed by atoms with Gasteiger partial charge in [0.15, 0.2) is 0 Å². The van der Waals surface area contributed by atoms with Crippen molar-refractivity contribution in [3.05, 3.63) is 40.1 Å². The molecule has 6 heteroatoms. The topological polar surface area (TPSA) is 47.0 Å². The molecule has 0 aliphatic heterocycles. The van der Waals surface area contributed by atoms with Crippen LogP contribution in [0.2, 0.25) is 10.0 Å². The van der Waals surface area contributed by atoms with Gasteiger partial charge in [-0.1, -0.05) is 30.1 Å². The fourth-order valence-electron chi connectivity index (χ4n) is 1.60. The van der Waals surface area contributed by atoms with E-state index in [0.717, 1.165) is 18.8 Å². The lowest BCUT2D eigenvalue weighted by molar-refractivity contribution is 0.460. The molecule has 4 nitrogen and oxygen atoms in total. The lowest BCUT2D eigenvalue weighted by atomic mass is 10.3. The van der Waals surface area contributed by atoms with Crippen LogP contribution in [0.3, 0.4) is 0 Å². The van der Waals surface area contributed by atoms with E-state index in [1.807, 2.05) is 6.92 Å². The smallest absolute Gasteiger partial charge is 0.224 e. The molecular weight excluding hydrogens is 297 g/mol. The van der Waals surface area contributed by atoms with Gasteiger partial charge in [-0.15, -0.1) is 0 Å². The second-order valence-electron chi connectivity index (χ2n) is 4.24. The van der Waals surface area contributed by atoms with Crippen molar-refractivity contribution in [2.24, 2.45) is 0 Å². The zero-order valence-corrected chi connectivity index (χ0v) is 12.8. The number of benzene rings is 1. The number of aryl methyl sites for hydroxylation is 1. The summed E-state index contributed by atoms with van der Waals surface area (Å²) in [5, 5.41) is 4.14. The lowest BCUT2D eigenvalue weighted by Gasteiger charge is -2.09. The van der Waals surface area contributed by atoms with Gasteiger partial charge in [0.05, 0.1) is 10.0 Å². The normalized spacial score (nSPS) is 10.4. The number of anilines is 1. The molecule has 0 aliphatic carbocycles. The van der Waals surface area contributed by atoms with Gasteiger partial charge < -0.3 is 10.1 Å². The van der Waals surface area contributed by atoms with Crippen molar-refractivity contribution in [3.8, 4) is 11.6 Å². The van der Waals surface area contributed by atoms with Crippen LogP contribution in [0.15, 0.2) is 24.3 Å². The van der Waals surface area contributed by atoms with E-state index in [-0.39, 0.29) is 0 Å². The van der Waals surface area contributed by atoms with Crippen LogP contribution in [0, 0.1) is 6.92 Å². The van der Waals surface area contributed by atoms with E-state index >= 15 is 0 Å². The zero-order chi connectivity index (χ0) is 14.5. The van der Waals surface area contributed by atoms with Gasteiger partial charge in [-0.3, -0.25) is 0 Å². The molecule has 0 bridgehead atoms. The predicted molar refractivity (Wildman–Crippen MR) is 82.1 cm³/mol. The summed E-state index contributed by atoms with van der Waals surface area (Å²) in [4.78, 5) is 8.54. The van der Waals surface area contributed by atoms with Gasteiger partial charge in [0.1, 0.15) is 17.4 Å². The molecule has 20 heavy (non-hydrogen) atoms. The molecule has 0 aliphatic rings. The second kappa shape index (κ2) is 6.77. The Bertz CT molecular complexity index is 605. The molecule has 106 valence electrons. The molecule has 1 aromatic carbocycles. The van der Waals surface area contributed by atoms with Gasteiger partial charge >= 0.3 is 0 Å². The fraction of sp³-hybridized carbons (Fsp3) is 0.286. The van der Waals surface area contributed by atoms with Crippen molar-refractivity contribution in [1.29, 1.82) is 0 Å². The van der Waals surface area contributed by atoms with Crippen LogP contribution in [0.1, 0.15) is 19.2 Å². The first-order chi connectivity index (χ1) is 9.58. The number of hydrogen-bond donors (Lipinski definition) is 1. The van der Waals surface area contributed by atoms with E-state index < -0.39 is 0 Å². The Morgan fingerprint density at radius 2 is 1.95 bits per heavy atom. The van der Waals surface area contributed by atoms with Gasteiger partial charge in [0.25, 0.3) is 0 Å². The third kappa shape index (κ3) is 3.99. The summed E-state index contributed by atoms with van der Waals surface area (Å²) in [6.07, 6.45) is 1.02. The number of halogens is 2. The first kappa shape index (κ1) is 14.9. The minimum Gasteiger partial charge on any atom is -0.439 e. The van der Waals surface area contributed by atoms with Crippen molar-refractivity contribution in [1.82, 2.24) is 9.97 Å². The summed E-state index contributed by atoms with van der Waals surface area (Å²) in [7, 11) is 0. The van der Waals surface area contributed by atoms with Crippen molar-refractivity contribution in [2.45, 2.75) is 20.3 Å². The van der Waals surface area contributed by atoms with Gasteiger partial charge in [0.2, 0.25) is 5.88 Å². The molecule has 1 N–H and O–H groups in total. The SMILES string of the molecule is CCCNc1cc(Oc2ccc(Cl)c(Cl)c2)nc(C)n1. The molecule has 0 radical (unpaired) electrons. The number of nitrogens with one attached hydrogen (secondary N) is 1. The summed E-state index contributed by atoms with van der Waals surface area (Å²) in [5.41, 5.74) is 0. The molecule has 0 unspecified atom stereocenters. The van der Waals surface area contributed by atoms with Crippen LogP contribution in [-0.2, 0) is 0 Å². The summed E-state index contributed by atoms with van der Waals surface area (Å²) in [6.45, 7) is 4.76. The van der Waals surface area contributed by atoms with Crippen LogP contribution in [0.4, 0.5) is 5.82 Å². The molecule has 0 spiro atoms. The molecule has 0 saturated carbocycles. The first-order valence-corrected chi connectivity index (χ1v) is 7.06. The number of nitrogens with zero attached hydrogens (tertiary/aromatic N) is 2. The lowest BCUT2D eigenvalue weighted by Crippen LogP contribution is -2.04. The van der Waals surface area contributed by atoms with Crippen molar-refractivity contribution >= 4 is 29.0 Å². The highest BCUT2D eigenvalue weighted by atomic mass is 35.5. The third-order valence-electron chi connectivity index (χ3n) is 2.48. The molecule has 1 heterocycles. The quantitative estimate of drug-likeness (QED) is 0.869. The van der Waals surface area contributed by atoms with Crippen LogP contribution < -0.4 is 10.1 Å². The van der Waals surface area contributed by atoms with E-state index in [1.165, 1.54) is 0 Å². The molecule has 2 rings (SSSR count).